The summed E-state index contributed by atoms with van der Waals surface area (Å²) in [6, 6.07) is 24.4. The van der Waals surface area contributed by atoms with Crippen LogP contribution in [0.5, 0.6) is 0 Å². The number of carbonyl (C=O) groups is 2. The first-order valence-electron chi connectivity index (χ1n) is 11.2. The summed E-state index contributed by atoms with van der Waals surface area (Å²) in [7, 11) is 0. The maximum atomic E-state index is 12.9. The lowest BCUT2D eigenvalue weighted by Gasteiger charge is -2.28. The highest BCUT2D eigenvalue weighted by atomic mass is 16.2. The number of hydrogen-bond donors (Lipinski definition) is 2. The van der Waals surface area contributed by atoms with Gasteiger partial charge in [0.05, 0.1) is 17.3 Å². The lowest BCUT2D eigenvalue weighted by Crippen LogP contribution is -2.29. The average Bonchev–Trinajstić information content (AvgIpc) is 2.85. The highest BCUT2D eigenvalue weighted by molar-refractivity contribution is 6.09. The third kappa shape index (κ3) is 5.17. The molecule has 3 aromatic carbocycles. The van der Waals surface area contributed by atoms with Crippen LogP contribution in [0.1, 0.15) is 58.5 Å². The first-order valence-corrected chi connectivity index (χ1v) is 11.2. The van der Waals surface area contributed by atoms with Gasteiger partial charge in [0, 0.05) is 24.3 Å². The SMILES string of the molecule is C[C@H](NC(=O)c1ccccc1NC(=O)c1ccc(N2CCCCC2)cc1)c1ccccc1. The van der Waals surface area contributed by atoms with E-state index < -0.39 is 0 Å². The van der Waals surface area contributed by atoms with Gasteiger partial charge in [0.1, 0.15) is 0 Å². The van der Waals surface area contributed by atoms with E-state index in [1.54, 1.807) is 18.2 Å². The third-order valence-electron chi connectivity index (χ3n) is 5.92. The fraction of sp³-hybridized carbons (Fsp3) is 0.259. The van der Waals surface area contributed by atoms with Crippen LogP contribution in [0.25, 0.3) is 0 Å². The molecule has 0 bridgehead atoms. The molecule has 0 aromatic heterocycles. The number of hydrogen-bond acceptors (Lipinski definition) is 3. The molecular formula is C27H29N3O2. The standard InChI is InChI=1S/C27H29N3O2/c1-20(21-10-4-2-5-11-21)28-27(32)24-12-6-7-13-25(24)29-26(31)22-14-16-23(17-15-22)30-18-8-3-9-19-30/h2,4-7,10-17,20H,3,8-9,18-19H2,1H3,(H,28,32)(H,29,31)/t20-/m0/s1. The number of anilines is 2. The number of nitrogens with one attached hydrogen (secondary N) is 2. The lowest BCUT2D eigenvalue weighted by molar-refractivity contribution is 0.0941. The van der Waals surface area contributed by atoms with Crippen molar-refractivity contribution in [2.45, 2.75) is 32.2 Å². The van der Waals surface area contributed by atoms with Gasteiger partial charge in [0.2, 0.25) is 0 Å². The highest BCUT2D eigenvalue weighted by Gasteiger charge is 2.17. The Morgan fingerprint density at radius 1 is 0.781 bits per heavy atom. The summed E-state index contributed by atoms with van der Waals surface area (Å²) >= 11 is 0. The summed E-state index contributed by atoms with van der Waals surface area (Å²) in [5.41, 5.74) is 3.68. The highest BCUT2D eigenvalue weighted by Crippen LogP contribution is 2.22. The largest absolute Gasteiger partial charge is 0.372 e. The van der Waals surface area contributed by atoms with E-state index >= 15 is 0 Å². The predicted molar refractivity (Wildman–Crippen MR) is 129 cm³/mol. The number of benzene rings is 3. The molecular weight excluding hydrogens is 398 g/mol. The van der Waals surface area contributed by atoms with Crippen LogP contribution in [0, 0.1) is 0 Å². The predicted octanol–water partition coefficient (Wildman–Crippen LogP) is 5.42. The van der Waals surface area contributed by atoms with Crippen LogP contribution in [0.2, 0.25) is 0 Å². The van der Waals surface area contributed by atoms with Crippen LogP contribution in [0.3, 0.4) is 0 Å². The van der Waals surface area contributed by atoms with Gasteiger partial charge in [-0.05, 0) is 68.1 Å². The van der Waals surface area contributed by atoms with Crippen LogP contribution < -0.4 is 15.5 Å². The second-order valence-electron chi connectivity index (χ2n) is 8.20. The molecule has 4 rings (SSSR count). The molecule has 1 heterocycles. The van der Waals surface area contributed by atoms with Crippen molar-refractivity contribution in [3.63, 3.8) is 0 Å². The number of nitrogens with zero attached hydrogens (tertiary/aromatic N) is 1. The summed E-state index contributed by atoms with van der Waals surface area (Å²) in [5, 5.41) is 5.92. The zero-order chi connectivity index (χ0) is 22.3. The Labute approximate surface area is 189 Å². The van der Waals surface area contributed by atoms with Crippen molar-refractivity contribution in [2.24, 2.45) is 0 Å². The van der Waals surface area contributed by atoms with Crippen LogP contribution in [0.15, 0.2) is 78.9 Å². The fourth-order valence-electron chi connectivity index (χ4n) is 4.06. The van der Waals surface area contributed by atoms with Gasteiger partial charge < -0.3 is 15.5 Å². The topological polar surface area (TPSA) is 61.4 Å². The molecule has 1 atom stereocenters. The second kappa shape index (κ2) is 10.1. The van der Waals surface area contributed by atoms with Gasteiger partial charge in [-0.25, -0.2) is 0 Å². The summed E-state index contributed by atoms with van der Waals surface area (Å²) in [6.07, 6.45) is 3.71. The maximum absolute atomic E-state index is 12.9. The first-order chi connectivity index (χ1) is 15.6. The van der Waals surface area contributed by atoms with Crippen molar-refractivity contribution < 1.29 is 9.59 Å². The Bertz CT molecular complexity index is 1060. The van der Waals surface area contributed by atoms with Crippen LogP contribution in [-0.2, 0) is 0 Å². The number of piperidine rings is 1. The van der Waals surface area contributed by atoms with E-state index in [0.717, 1.165) is 24.3 Å². The summed E-state index contributed by atoms with van der Waals surface area (Å²) in [5.74, 6) is -0.454. The molecule has 2 amide bonds. The minimum atomic E-state index is -0.230. The number of carbonyl (C=O) groups excluding carboxylic acids is 2. The number of amides is 2. The lowest BCUT2D eigenvalue weighted by atomic mass is 10.1. The molecule has 0 aliphatic carbocycles. The van der Waals surface area contributed by atoms with E-state index in [1.807, 2.05) is 67.6 Å². The monoisotopic (exact) mass is 427 g/mol. The summed E-state index contributed by atoms with van der Waals surface area (Å²) in [4.78, 5) is 28.1. The van der Waals surface area contributed by atoms with E-state index in [4.69, 9.17) is 0 Å². The minimum absolute atomic E-state index is 0.144. The molecule has 1 aliphatic heterocycles. The van der Waals surface area contributed by atoms with Crippen molar-refractivity contribution in [3.8, 4) is 0 Å². The Kier molecular flexibility index (Phi) is 6.85. The van der Waals surface area contributed by atoms with Gasteiger partial charge in [0.25, 0.3) is 11.8 Å². The number of rotatable bonds is 6. The fourth-order valence-corrected chi connectivity index (χ4v) is 4.06. The van der Waals surface area contributed by atoms with Gasteiger partial charge in [0.15, 0.2) is 0 Å². The third-order valence-corrected chi connectivity index (χ3v) is 5.92. The smallest absolute Gasteiger partial charge is 0.255 e. The Morgan fingerprint density at radius 3 is 2.16 bits per heavy atom. The Morgan fingerprint density at radius 2 is 1.44 bits per heavy atom. The van der Waals surface area contributed by atoms with Crippen LogP contribution >= 0.6 is 0 Å². The van der Waals surface area contributed by atoms with E-state index in [1.165, 1.54) is 19.3 Å². The van der Waals surface area contributed by atoms with Gasteiger partial charge in [-0.15, -0.1) is 0 Å². The van der Waals surface area contributed by atoms with Crippen LogP contribution in [0.4, 0.5) is 11.4 Å². The van der Waals surface area contributed by atoms with Crippen molar-refractivity contribution in [2.75, 3.05) is 23.3 Å². The molecule has 0 radical (unpaired) electrons. The quantitative estimate of drug-likeness (QED) is 0.552. The van der Waals surface area contributed by atoms with Gasteiger partial charge in [-0.3, -0.25) is 9.59 Å². The molecule has 0 unspecified atom stereocenters. The molecule has 5 heteroatoms. The van der Waals surface area contributed by atoms with E-state index in [9.17, 15) is 9.59 Å². The normalized spacial score (nSPS) is 14.5. The number of para-hydroxylation sites is 1. The summed E-state index contributed by atoms with van der Waals surface area (Å²) in [6.45, 7) is 4.07. The molecule has 0 spiro atoms. The van der Waals surface area contributed by atoms with Crippen molar-refractivity contribution in [1.29, 1.82) is 0 Å². The molecule has 2 N–H and O–H groups in total. The Hall–Kier alpha value is -3.60. The zero-order valence-electron chi connectivity index (χ0n) is 18.4. The molecule has 0 saturated carbocycles. The van der Waals surface area contributed by atoms with E-state index in [2.05, 4.69) is 15.5 Å². The van der Waals surface area contributed by atoms with E-state index in [-0.39, 0.29) is 17.9 Å². The molecule has 1 fully saturated rings. The van der Waals surface area contributed by atoms with Gasteiger partial charge in [-0.1, -0.05) is 42.5 Å². The molecule has 1 aliphatic rings. The van der Waals surface area contributed by atoms with E-state index in [0.29, 0.717) is 16.8 Å². The van der Waals surface area contributed by atoms with Crippen molar-refractivity contribution in [3.05, 3.63) is 95.6 Å². The van der Waals surface area contributed by atoms with Gasteiger partial charge >= 0.3 is 0 Å². The summed E-state index contributed by atoms with van der Waals surface area (Å²) < 4.78 is 0. The minimum Gasteiger partial charge on any atom is -0.372 e. The van der Waals surface area contributed by atoms with Crippen molar-refractivity contribution in [1.82, 2.24) is 5.32 Å². The maximum Gasteiger partial charge on any atom is 0.255 e. The van der Waals surface area contributed by atoms with Gasteiger partial charge in [-0.2, -0.15) is 0 Å². The second-order valence-corrected chi connectivity index (χ2v) is 8.20. The molecule has 32 heavy (non-hydrogen) atoms. The molecule has 1 saturated heterocycles. The Balaban J connectivity index is 1.44. The molecule has 5 nitrogen and oxygen atoms in total. The van der Waals surface area contributed by atoms with Crippen molar-refractivity contribution >= 4 is 23.2 Å². The molecule has 164 valence electrons. The molecule has 3 aromatic rings. The first kappa shape index (κ1) is 21.6. The van der Waals surface area contributed by atoms with Crippen LogP contribution in [-0.4, -0.2) is 24.9 Å². The average molecular weight is 428 g/mol. The zero-order valence-corrected chi connectivity index (χ0v) is 18.4.